The average Bonchev–Trinajstić information content (AvgIpc) is 2.36. The number of hydrogen-bond donors (Lipinski definition) is 0. The summed E-state index contributed by atoms with van der Waals surface area (Å²) >= 11 is 0. The van der Waals surface area contributed by atoms with Gasteiger partial charge in [0.2, 0.25) is 5.95 Å². The lowest BCUT2D eigenvalue weighted by Gasteiger charge is -2.34. The molecule has 1 aromatic rings. The summed E-state index contributed by atoms with van der Waals surface area (Å²) in [6.45, 7) is 8.72. The maximum atomic E-state index is 8.58. The minimum atomic E-state index is 0.611. The van der Waals surface area contributed by atoms with E-state index in [9.17, 15) is 0 Å². The normalized spacial score (nSPS) is 16.6. The molecule has 2 heterocycles. The second-order valence-corrected chi connectivity index (χ2v) is 4.69. The van der Waals surface area contributed by atoms with Gasteiger partial charge in [0.05, 0.1) is 6.07 Å². The van der Waals surface area contributed by atoms with Gasteiger partial charge in [0.1, 0.15) is 0 Å². The fourth-order valence-corrected chi connectivity index (χ4v) is 2.23. The van der Waals surface area contributed by atoms with Gasteiger partial charge in [0, 0.05) is 50.5 Å². The van der Waals surface area contributed by atoms with Crippen molar-refractivity contribution in [3.05, 3.63) is 17.5 Å². The standard InChI is InChI=1S/C13H19N5/c1-11-10-12(2)16-13(15-11)18-8-6-17(7-9-18)5-3-4-14/h10H,3,5-9H2,1-2H3. The van der Waals surface area contributed by atoms with Crippen LogP contribution in [0.4, 0.5) is 5.95 Å². The van der Waals surface area contributed by atoms with Gasteiger partial charge in [0.25, 0.3) is 0 Å². The number of nitrogens with zero attached hydrogens (tertiary/aromatic N) is 5. The van der Waals surface area contributed by atoms with Crippen LogP contribution < -0.4 is 4.90 Å². The lowest BCUT2D eigenvalue weighted by molar-refractivity contribution is 0.262. The predicted octanol–water partition coefficient (Wildman–Crippen LogP) is 1.13. The molecule has 96 valence electrons. The Morgan fingerprint density at radius 2 is 1.78 bits per heavy atom. The Hall–Kier alpha value is -1.67. The molecule has 0 bridgehead atoms. The third-order valence-corrected chi connectivity index (χ3v) is 3.17. The van der Waals surface area contributed by atoms with Crippen molar-refractivity contribution in [3.63, 3.8) is 0 Å². The van der Waals surface area contributed by atoms with Crippen LogP contribution in [0.5, 0.6) is 0 Å². The number of nitriles is 1. The first-order valence-corrected chi connectivity index (χ1v) is 6.35. The fraction of sp³-hybridized carbons (Fsp3) is 0.615. The largest absolute Gasteiger partial charge is 0.338 e. The number of aromatic nitrogens is 2. The molecule has 1 aliphatic rings. The average molecular weight is 245 g/mol. The van der Waals surface area contributed by atoms with E-state index < -0.39 is 0 Å². The van der Waals surface area contributed by atoms with E-state index in [4.69, 9.17) is 5.26 Å². The molecule has 0 spiro atoms. The van der Waals surface area contributed by atoms with Crippen molar-refractivity contribution >= 4 is 5.95 Å². The molecule has 0 saturated carbocycles. The zero-order valence-corrected chi connectivity index (χ0v) is 11.1. The monoisotopic (exact) mass is 245 g/mol. The Labute approximate surface area is 108 Å². The lowest BCUT2D eigenvalue weighted by atomic mass is 10.3. The Balaban J connectivity index is 1.95. The third kappa shape index (κ3) is 3.17. The molecule has 5 nitrogen and oxygen atoms in total. The van der Waals surface area contributed by atoms with Crippen LogP contribution in [0.1, 0.15) is 17.8 Å². The minimum Gasteiger partial charge on any atom is -0.338 e. The second-order valence-electron chi connectivity index (χ2n) is 4.69. The Morgan fingerprint density at radius 3 is 2.33 bits per heavy atom. The van der Waals surface area contributed by atoms with Gasteiger partial charge in [0.15, 0.2) is 0 Å². The van der Waals surface area contributed by atoms with Gasteiger partial charge in [-0.1, -0.05) is 0 Å². The fourth-order valence-electron chi connectivity index (χ4n) is 2.23. The quantitative estimate of drug-likeness (QED) is 0.799. The molecule has 1 aromatic heterocycles. The molecule has 0 atom stereocenters. The van der Waals surface area contributed by atoms with Crippen LogP contribution in [-0.4, -0.2) is 47.6 Å². The molecule has 0 unspecified atom stereocenters. The van der Waals surface area contributed by atoms with Crippen LogP contribution in [0.15, 0.2) is 6.07 Å². The molecule has 0 N–H and O–H groups in total. The summed E-state index contributed by atoms with van der Waals surface area (Å²) < 4.78 is 0. The Morgan fingerprint density at radius 1 is 1.17 bits per heavy atom. The first kappa shape index (κ1) is 12.8. The van der Waals surface area contributed by atoms with Crippen LogP contribution >= 0.6 is 0 Å². The highest BCUT2D eigenvalue weighted by Gasteiger charge is 2.18. The number of hydrogen-bond acceptors (Lipinski definition) is 5. The van der Waals surface area contributed by atoms with Crippen LogP contribution in [0, 0.1) is 25.2 Å². The third-order valence-electron chi connectivity index (χ3n) is 3.17. The van der Waals surface area contributed by atoms with E-state index in [1.807, 2.05) is 19.9 Å². The molecule has 18 heavy (non-hydrogen) atoms. The highest BCUT2D eigenvalue weighted by atomic mass is 15.3. The highest BCUT2D eigenvalue weighted by molar-refractivity contribution is 5.32. The molecule has 0 radical (unpaired) electrons. The minimum absolute atomic E-state index is 0.611. The predicted molar refractivity (Wildman–Crippen MR) is 70.4 cm³/mol. The lowest BCUT2D eigenvalue weighted by Crippen LogP contribution is -2.47. The van der Waals surface area contributed by atoms with E-state index in [0.717, 1.165) is 50.1 Å². The summed E-state index contributed by atoms with van der Waals surface area (Å²) in [5.74, 6) is 0.840. The van der Waals surface area contributed by atoms with Crippen LogP contribution in [0.2, 0.25) is 0 Å². The molecule has 1 saturated heterocycles. The molecule has 0 amide bonds. The van der Waals surface area contributed by atoms with Gasteiger partial charge in [-0.3, -0.25) is 4.90 Å². The van der Waals surface area contributed by atoms with Crippen molar-refractivity contribution in [3.8, 4) is 6.07 Å². The summed E-state index contributed by atoms with van der Waals surface area (Å²) in [6.07, 6.45) is 0.611. The van der Waals surface area contributed by atoms with Gasteiger partial charge in [-0.05, 0) is 19.9 Å². The van der Waals surface area contributed by atoms with Crippen molar-refractivity contribution in [1.82, 2.24) is 14.9 Å². The first-order valence-electron chi connectivity index (χ1n) is 6.35. The van der Waals surface area contributed by atoms with Gasteiger partial charge in [-0.2, -0.15) is 5.26 Å². The molecule has 5 heteroatoms. The van der Waals surface area contributed by atoms with Crippen molar-refractivity contribution < 1.29 is 0 Å². The first-order chi connectivity index (χ1) is 8.69. The second kappa shape index (κ2) is 5.78. The highest BCUT2D eigenvalue weighted by Crippen LogP contribution is 2.12. The summed E-state index contributed by atoms with van der Waals surface area (Å²) in [6, 6.07) is 4.19. The van der Waals surface area contributed by atoms with Crippen molar-refractivity contribution in [2.75, 3.05) is 37.6 Å². The van der Waals surface area contributed by atoms with Gasteiger partial charge in [-0.15, -0.1) is 0 Å². The van der Waals surface area contributed by atoms with Crippen molar-refractivity contribution in [1.29, 1.82) is 5.26 Å². The topological polar surface area (TPSA) is 56.1 Å². The van der Waals surface area contributed by atoms with E-state index in [0.29, 0.717) is 6.42 Å². The number of aryl methyl sites for hydroxylation is 2. The van der Waals surface area contributed by atoms with Gasteiger partial charge < -0.3 is 4.90 Å². The Bertz CT molecular complexity index is 423. The number of piperazine rings is 1. The maximum Gasteiger partial charge on any atom is 0.225 e. The molecule has 1 aliphatic heterocycles. The summed E-state index contributed by atoms with van der Waals surface area (Å²) in [4.78, 5) is 13.5. The molecular formula is C13H19N5. The summed E-state index contributed by atoms with van der Waals surface area (Å²) in [5.41, 5.74) is 2.04. The zero-order valence-electron chi connectivity index (χ0n) is 11.1. The van der Waals surface area contributed by atoms with Crippen LogP contribution in [0.3, 0.4) is 0 Å². The molecular weight excluding hydrogens is 226 g/mol. The van der Waals surface area contributed by atoms with Crippen molar-refractivity contribution in [2.45, 2.75) is 20.3 Å². The summed E-state index contributed by atoms with van der Waals surface area (Å²) in [7, 11) is 0. The molecule has 1 fully saturated rings. The zero-order chi connectivity index (χ0) is 13.0. The van der Waals surface area contributed by atoms with E-state index in [1.54, 1.807) is 0 Å². The van der Waals surface area contributed by atoms with E-state index in [2.05, 4.69) is 25.8 Å². The molecule has 0 aliphatic carbocycles. The van der Waals surface area contributed by atoms with E-state index in [1.165, 1.54) is 0 Å². The summed E-state index contributed by atoms with van der Waals surface area (Å²) in [5, 5.41) is 8.58. The van der Waals surface area contributed by atoms with E-state index in [-0.39, 0.29) is 0 Å². The molecule has 0 aromatic carbocycles. The SMILES string of the molecule is Cc1cc(C)nc(N2CCN(CCC#N)CC2)n1. The number of anilines is 1. The van der Waals surface area contributed by atoms with Crippen molar-refractivity contribution in [2.24, 2.45) is 0 Å². The number of rotatable bonds is 3. The smallest absolute Gasteiger partial charge is 0.225 e. The van der Waals surface area contributed by atoms with Gasteiger partial charge in [-0.25, -0.2) is 9.97 Å². The van der Waals surface area contributed by atoms with E-state index >= 15 is 0 Å². The Kier molecular flexibility index (Phi) is 4.11. The van der Waals surface area contributed by atoms with Gasteiger partial charge >= 0.3 is 0 Å². The van der Waals surface area contributed by atoms with Crippen LogP contribution in [0.25, 0.3) is 0 Å². The van der Waals surface area contributed by atoms with Crippen LogP contribution in [-0.2, 0) is 0 Å². The molecule has 2 rings (SSSR count). The maximum absolute atomic E-state index is 8.58.